The number of esters is 4. The normalized spacial score (nSPS) is 14.5. The molecule has 0 aromatic rings. The first-order valence-corrected chi connectivity index (χ1v) is 42.1. The molecule has 0 aromatic heterocycles. The van der Waals surface area contributed by atoms with Crippen LogP contribution in [0.15, 0.2) is 109 Å². The van der Waals surface area contributed by atoms with Crippen LogP contribution in [0.3, 0.4) is 0 Å². The number of allylic oxidation sites excluding steroid dienone is 18. The fourth-order valence-corrected chi connectivity index (χ4v) is 11.8. The Morgan fingerprint density at radius 1 is 0.290 bits per heavy atom. The maximum atomic E-state index is 13.1. The second-order valence-electron chi connectivity index (χ2n) is 25.9. The predicted molar refractivity (Wildman–Crippen MR) is 408 cm³/mol. The topological polar surface area (TPSA) is 237 Å². The summed E-state index contributed by atoms with van der Waals surface area (Å²) < 4.78 is 68.5. The Morgan fingerprint density at radius 3 is 0.880 bits per heavy atom. The van der Waals surface area contributed by atoms with Crippen LogP contribution < -0.4 is 0 Å². The summed E-state index contributed by atoms with van der Waals surface area (Å²) in [6.45, 7) is 4.61. The fourth-order valence-electron chi connectivity index (χ4n) is 10.3. The van der Waals surface area contributed by atoms with Crippen molar-refractivity contribution in [3.05, 3.63) is 109 Å². The second-order valence-corrected chi connectivity index (χ2v) is 28.8. The standard InChI is InChI=1S/C81H140O17P2/c1-5-9-13-17-21-25-29-33-35-36-37-38-40-43-46-50-54-58-62-66-79(84)92-72-77(98-81(86)68-64-60-56-52-48-44-39-34-30-26-22-18-14-10-6-2)74-96-100(89,90)94-70-75(82)69-93-99(87,88)95-73-76(97-80(85)67-63-59-55-51-47-42-32-28-24-20-16-12-8-4)71-91-78(83)65-61-57-53-49-45-41-31-27-23-19-15-11-7-3/h10,14-15,19,21-22,25-27,31,33-35,37-39,48,52,75-77,82H,5-9,11-13,16-18,20,23-24,28-30,32,36,40-47,49-51,53-74H2,1-4H3,(H,87,88)(H,89,90)/b14-10-,19-15-,25-21-,26-22-,31-27-,35-33-,38-37-,39-34-,52-48-. The maximum absolute atomic E-state index is 13.1. The minimum Gasteiger partial charge on any atom is -0.462 e. The molecule has 0 amide bonds. The molecule has 5 unspecified atom stereocenters. The Bertz CT molecular complexity index is 2320. The number of carbonyl (C=O) groups excluding carboxylic acids is 4. The van der Waals surface area contributed by atoms with Crippen LogP contribution in [0.5, 0.6) is 0 Å². The van der Waals surface area contributed by atoms with E-state index in [1.54, 1.807) is 0 Å². The van der Waals surface area contributed by atoms with Crippen LogP contribution in [0.2, 0.25) is 0 Å². The van der Waals surface area contributed by atoms with Crippen LogP contribution in [-0.2, 0) is 65.4 Å². The molecule has 576 valence electrons. The van der Waals surface area contributed by atoms with Gasteiger partial charge in [-0.2, -0.15) is 0 Å². The van der Waals surface area contributed by atoms with Crippen molar-refractivity contribution in [1.29, 1.82) is 0 Å². The number of ether oxygens (including phenoxy) is 4. The highest BCUT2D eigenvalue weighted by molar-refractivity contribution is 7.47. The van der Waals surface area contributed by atoms with Gasteiger partial charge in [0.1, 0.15) is 19.3 Å². The average Bonchev–Trinajstić information content (AvgIpc) is 0.946. The molecule has 5 atom stereocenters. The number of aliphatic hydroxyl groups excluding tert-OH is 1. The van der Waals surface area contributed by atoms with Gasteiger partial charge in [0.05, 0.1) is 26.4 Å². The van der Waals surface area contributed by atoms with Gasteiger partial charge in [0, 0.05) is 25.7 Å². The highest BCUT2D eigenvalue weighted by Gasteiger charge is 2.30. The zero-order chi connectivity index (χ0) is 73.2. The minimum atomic E-state index is -4.99. The molecule has 0 rings (SSSR count). The molecule has 0 heterocycles. The van der Waals surface area contributed by atoms with Gasteiger partial charge in [-0.25, -0.2) is 9.13 Å². The molecule has 19 heteroatoms. The third-order valence-corrected chi connectivity index (χ3v) is 18.1. The molecule has 0 saturated heterocycles. The van der Waals surface area contributed by atoms with Gasteiger partial charge < -0.3 is 33.8 Å². The number of phosphoric ester groups is 2. The highest BCUT2D eigenvalue weighted by atomic mass is 31.2. The Balaban J connectivity index is 5.38. The van der Waals surface area contributed by atoms with Crippen molar-refractivity contribution < 1.29 is 80.2 Å². The zero-order valence-electron chi connectivity index (χ0n) is 62.8. The van der Waals surface area contributed by atoms with Gasteiger partial charge in [0.15, 0.2) is 12.2 Å². The Labute approximate surface area is 607 Å². The Morgan fingerprint density at radius 2 is 0.540 bits per heavy atom. The summed E-state index contributed by atoms with van der Waals surface area (Å²) in [4.78, 5) is 72.9. The number of aliphatic hydroxyl groups is 1. The van der Waals surface area contributed by atoms with Crippen molar-refractivity contribution in [2.24, 2.45) is 0 Å². The molecule has 0 radical (unpaired) electrons. The monoisotopic (exact) mass is 1450 g/mol. The number of phosphoric acid groups is 2. The largest absolute Gasteiger partial charge is 0.472 e. The second kappa shape index (κ2) is 73.0. The third-order valence-electron chi connectivity index (χ3n) is 16.2. The summed E-state index contributed by atoms with van der Waals surface area (Å²) in [6, 6.07) is 0. The van der Waals surface area contributed by atoms with E-state index in [9.17, 15) is 43.2 Å². The summed E-state index contributed by atoms with van der Waals surface area (Å²) in [5, 5.41) is 10.6. The van der Waals surface area contributed by atoms with Crippen LogP contribution in [-0.4, -0.2) is 96.7 Å². The van der Waals surface area contributed by atoms with Gasteiger partial charge in [-0.3, -0.25) is 37.3 Å². The lowest BCUT2D eigenvalue weighted by Gasteiger charge is -2.21. The lowest BCUT2D eigenvalue weighted by molar-refractivity contribution is -0.161. The molecule has 3 N–H and O–H groups in total. The van der Waals surface area contributed by atoms with Crippen molar-refractivity contribution in [2.75, 3.05) is 39.6 Å². The zero-order valence-corrected chi connectivity index (χ0v) is 64.6. The Kier molecular flexibility index (Phi) is 69.9. The first kappa shape index (κ1) is 95.7. The van der Waals surface area contributed by atoms with Gasteiger partial charge >= 0.3 is 39.5 Å². The van der Waals surface area contributed by atoms with Crippen molar-refractivity contribution >= 4 is 39.5 Å². The van der Waals surface area contributed by atoms with Gasteiger partial charge in [-0.1, -0.05) is 278 Å². The van der Waals surface area contributed by atoms with Gasteiger partial charge in [0.2, 0.25) is 0 Å². The van der Waals surface area contributed by atoms with Crippen LogP contribution in [0.1, 0.15) is 323 Å². The van der Waals surface area contributed by atoms with Crippen LogP contribution in [0.4, 0.5) is 0 Å². The number of hydrogen-bond donors (Lipinski definition) is 3. The van der Waals surface area contributed by atoms with E-state index in [1.165, 1.54) is 70.6 Å². The van der Waals surface area contributed by atoms with Crippen molar-refractivity contribution in [3.8, 4) is 0 Å². The minimum absolute atomic E-state index is 0.0385. The summed E-state index contributed by atoms with van der Waals surface area (Å²) >= 11 is 0. The Hall–Kier alpha value is -4.28. The SMILES string of the molecule is CC/C=C\C/C=C\C/C=C\C/C=C\CCCCC(=O)OC(COC(=O)CCCCCCCC/C=C\C/C=C\C/C=C\CCCCC)COP(=O)(O)OCC(O)COP(=O)(O)OCC(COC(=O)CCCCCCC/C=C\C/C=C\CCC)OC(=O)CCCCCCCCCCCCCCC. The molecular formula is C81H140O17P2. The van der Waals surface area contributed by atoms with E-state index in [0.29, 0.717) is 32.1 Å². The van der Waals surface area contributed by atoms with Crippen LogP contribution in [0.25, 0.3) is 0 Å². The van der Waals surface area contributed by atoms with Crippen molar-refractivity contribution in [3.63, 3.8) is 0 Å². The van der Waals surface area contributed by atoms with Crippen LogP contribution >= 0.6 is 15.6 Å². The van der Waals surface area contributed by atoms with Crippen LogP contribution in [0, 0.1) is 0 Å². The third kappa shape index (κ3) is 72.1. The summed E-state index contributed by atoms with van der Waals surface area (Å²) in [5.74, 6) is -2.24. The molecule has 0 fully saturated rings. The molecule has 0 aliphatic carbocycles. The lowest BCUT2D eigenvalue weighted by Crippen LogP contribution is -2.30. The summed E-state index contributed by atoms with van der Waals surface area (Å²) in [7, 11) is -9.97. The van der Waals surface area contributed by atoms with E-state index in [-0.39, 0.29) is 25.7 Å². The van der Waals surface area contributed by atoms with E-state index in [4.69, 9.17) is 37.0 Å². The van der Waals surface area contributed by atoms with Crippen molar-refractivity contribution in [2.45, 2.75) is 341 Å². The quantitative estimate of drug-likeness (QED) is 0.0169. The van der Waals surface area contributed by atoms with E-state index in [1.807, 2.05) is 0 Å². The van der Waals surface area contributed by atoms with Gasteiger partial charge in [0.25, 0.3) is 0 Å². The van der Waals surface area contributed by atoms with Gasteiger partial charge in [-0.15, -0.1) is 0 Å². The molecule has 0 bridgehead atoms. The predicted octanol–water partition coefficient (Wildman–Crippen LogP) is 22.6. The number of hydrogen-bond acceptors (Lipinski definition) is 15. The van der Waals surface area contributed by atoms with E-state index in [2.05, 4.69) is 137 Å². The summed E-state index contributed by atoms with van der Waals surface area (Å²) in [5.41, 5.74) is 0. The molecule has 0 aliphatic heterocycles. The molecule has 0 saturated carbocycles. The molecule has 0 aromatic carbocycles. The molecular weight excluding hydrogens is 1310 g/mol. The molecule has 17 nitrogen and oxygen atoms in total. The number of rotatable bonds is 73. The van der Waals surface area contributed by atoms with E-state index in [0.717, 1.165) is 167 Å². The number of unbranched alkanes of at least 4 members (excludes halogenated alkanes) is 29. The lowest BCUT2D eigenvalue weighted by atomic mass is 10.0. The highest BCUT2D eigenvalue weighted by Crippen LogP contribution is 2.45. The van der Waals surface area contributed by atoms with E-state index < -0.39 is 97.5 Å². The molecule has 0 aliphatic rings. The maximum Gasteiger partial charge on any atom is 0.472 e. The first-order chi connectivity index (χ1) is 48.7. The summed E-state index contributed by atoms with van der Waals surface area (Å²) in [6.07, 6.45) is 77.9. The average molecular weight is 1450 g/mol. The molecule has 0 spiro atoms. The molecule has 100 heavy (non-hydrogen) atoms. The first-order valence-electron chi connectivity index (χ1n) is 39.1. The van der Waals surface area contributed by atoms with Gasteiger partial charge in [-0.05, 0) is 128 Å². The van der Waals surface area contributed by atoms with E-state index >= 15 is 0 Å². The number of carbonyl (C=O) groups is 4. The fraction of sp³-hybridized carbons (Fsp3) is 0.728. The smallest absolute Gasteiger partial charge is 0.462 e. The van der Waals surface area contributed by atoms with Crippen molar-refractivity contribution in [1.82, 2.24) is 0 Å².